The summed E-state index contributed by atoms with van der Waals surface area (Å²) in [6, 6.07) is 12.2. The van der Waals surface area contributed by atoms with Gasteiger partial charge in [0.2, 0.25) is 0 Å². The summed E-state index contributed by atoms with van der Waals surface area (Å²) < 4.78 is 5.44. The van der Waals surface area contributed by atoms with Crippen molar-refractivity contribution in [2.45, 2.75) is 26.2 Å². The maximum Gasteiger partial charge on any atom is 0.122 e. The number of nitrogens with two attached hydrogens (primary N) is 1. The molecule has 0 aliphatic carbocycles. The van der Waals surface area contributed by atoms with Crippen LogP contribution in [0.25, 0.3) is 0 Å². The van der Waals surface area contributed by atoms with Crippen LogP contribution in [0.4, 0.5) is 0 Å². The molecular formula is C18H22ClNO. The van der Waals surface area contributed by atoms with E-state index in [0.717, 1.165) is 22.8 Å². The zero-order valence-corrected chi connectivity index (χ0v) is 13.6. The van der Waals surface area contributed by atoms with E-state index in [0.29, 0.717) is 6.54 Å². The van der Waals surface area contributed by atoms with Gasteiger partial charge in [-0.15, -0.1) is 0 Å². The summed E-state index contributed by atoms with van der Waals surface area (Å²) in [6.07, 6.45) is 0.824. The monoisotopic (exact) mass is 303 g/mol. The van der Waals surface area contributed by atoms with E-state index in [4.69, 9.17) is 22.1 Å². The maximum atomic E-state index is 6.12. The van der Waals surface area contributed by atoms with E-state index in [1.807, 2.05) is 18.2 Å². The fourth-order valence-corrected chi connectivity index (χ4v) is 2.89. The van der Waals surface area contributed by atoms with E-state index >= 15 is 0 Å². The summed E-state index contributed by atoms with van der Waals surface area (Å²) in [7, 11) is 1.68. The molecule has 0 amide bonds. The van der Waals surface area contributed by atoms with Gasteiger partial charge in [-0.1, -0.05) is 35.4 Å². The molecule has 0 heterocycles. The number of aryl methyl sites for hydroxylation is 2. The maximum absolute atomic E-state index is 6.12. The second kappa shape index (κ2) is 6.97. The third-order valence-corrected chi connectivity index (χ3v) is 4.10. The number of halogens is 1. The van der Waals surface area contributed by atoms with Crippen molar-refractivity contribution >= 4 is 11.6 Å². The predicted molar refractivity (Wildman–Crippen MR) is 89.4 cm³/mol. The highest BCUT2D eigenvalue weighted by molar-refractivity contribution is 6.30. The number of methoxy groups -OCH3 is 1. The lowest BCUT2D eigenvalue weighted by atomic mass is 9.88. The van der Waals surface area contributed by atoms with Gasteiger partial charge in [-0.05, 0) is 61.7 Å². The molecule has 0 fully saturated rings. The van der Waals surface area contributed by atoms with Gasteiger partial charge in [0.25, 0.3) is 0 Å². The van der Waals surface area contributed by atoms with Crippen LogP contribution in [-0.2, 0) is 6.42 Å². The largest absolute Gasteiger partial charge is 0.496 e. The molecule has 1 atom stereocenters. The van der Waals surface area contributed by atoms with Crippen LogP contribution in [-0.4, -0.2) is 13.7 Å². The van der Waals surface area contributed by atoms with E-state index in [9.17, 15) is 0 Å². The molecule has 0 aliphatic heterocycles. The Hall–Kier alpha value is -1.51. The SMILES string of the molecule is COc1ccc(Cl)cc1CC(CN)c1cc(C)ccc1C. The summed E-state index contributed by atoms with van der Waals surface area (Å²) in [4.78, 5) is 0. The minimum Gasteiger partial charge on any atom is -0.496 e. The number of ether oxygens (including phenoxy) is 1. The smallest absolute Gasteiger partial charge is 0.122 e. The molecule has 1 unspecified atom stereocenters. The molecule has 21 heavy (non-hydrogen) atoms. The Morgan fingerprint density at radius 2 is 1.90 bits per heavy atom. The molecular weight excluding hydrogens is 282 g/mol. The van der Waals surface area contributed by atoms with Gasteiger partial charge in [-0.3, -0.25) is 0 Å². The molecule has 0 saturated heterocycles. The van der Waals surface area contributed by atoms with Crippen LogP contribution < -0.4 is 10.5 Å². The standard InChI is InChI=1S/C18H22ClNO/c1-12-4-5-13(2)17(8-12)15(11-20)9-14-10-16(19)6-7-18(14)21-3/h4-8,10,15H,9,11,20H2,1-3H3. The Balaban J connectivity index is 2.35. The van der Waals surface area contributed by atoms with Gasteiger partial charge in [0.05, 0.1) is 7.11 Å². The first-order valence-corrected chi connectivity index (χ1v) is 7.52. The molecule has 112 valence electrons. The lowest BCUT2D eigenvalue weighted by Gasteiger charge is -2.20. The Labute approximate surface area is 131 Å². The molecule has 0 aliphatic rings. The fraction of sp³-hybridized carbons (Fsp3) is 0.333. The third kappa shape index (κ3) is 3.78. The van der Waals surface area contributed by atoms with Gasteiger partial charge in [-0.2, -0.15) is 0 Å². The summed E-state index contributed by atoms with van der Waals surface area (Å²) in [5.41, 5.74) is 11.0. The number of hydrogen-bond acceptors (Lipinski definition) is 2. The second-order valence-electron chi connectivity index (χ2n) is 5.45. The predicted octanol–water partition coefficient (Wildman–Crippen LogP) is 4.25. The van der Waals surface area contributed by atoms with Crippen LogP contribution >= 0.6 is 11.6 Å². The lowest BCUT2D eigenvalue weighted by Crippen LogP contribution is -2.16. The quantitative estimate of drug-likeness (QED) is 0.896. The van der Waals surface area contributed by atoms with Gasteiger partial charge < -0.3 is 10.5 Å². The Morgan fingerprint density at radius 3 is 2.57 bits per heavy atom. The van der Waals surface area contributed by atoms with Crippen LogP contribution in [0.3, 0.4) is 0 Å². The summed E-state index contributed by atoms with van der Waals surface area (Å²) in [5, 5.41) is 0.725. The molecule has 0 radical (unpaired) electrons. The molecule has 2 aromatic rings. The van der Waals surface area contributed by atoms with Crippen molar-refractivity contribution < 1.29 is 4.74 Å². The van der Waals surface area contributed by atoms with Crippen LogP contribution in [0.15, 0.2) is 36.4 Å². The molecule has 3 heteroatoms. The molecule has 0 bridgehead atoms. The summed E-state index contributed by atoms with van der Waals surface area (Å²) >= 11 is 6.12. The van der Waals surface area contributed by atoms with Crippen molar-refractivity contribution in [3.05, 3.63) is 63.7 Å². The highest BCUT2D eigenvalue weighted by Crippen LogP contribution is 2.30. The highest BCUT2D eigenvalue weighted by Gasteiger charge is 2.16. The number of hydrogen-bond donors (Lipinski definition) is 1. The van der Waals surface area contributed by atoms with Crippen molar-refractivity contribution in [3.8, 4) is 5.75 Å². The molecule has 0 saturated carbocycles. The van der Waals surface area contributed by atoms with Crippen molar-refractivity contribution in [3.63, 3.8) is 0 Å². The van der Waals surface area contributed by atoms with Crippen LogP contribution in [0.5, 0.6) is 5.75 Å². The minimum atomic E-state index is 0.261. The Bertz CT molecular complexity index is 625. The Kier molecular flexibility index (Phi) is 5.27. The fourth-order valence-electron chi connectivity index (χ4n) is 2.69. The molecule has 2 rings (SSSR count). The second-order valence-corrected chi connectivity index (χ2v) is 5.89. The zero-order chi connectivity index (χ0) is 15.4. The van der Waals surface area contributed by atoms with Gasteiger partial charge in [0.15, 0.2) is 0 Å². The first-order chi connectivity index (χ1) is 10.0. The molecule has 0 aromatic heterocycles. The van der Waals surface area contributed by atoms with E-state index in [2.05, 4.69) is 32.0 Å². The molecule has 2 nitrogen and oxygen atoms in total. The normalized spacial score (nSPS) is 12.2. The van der Waals surface area contributed by atoms with Crippen LogP contribution in [0.2, 0.25) is 5.02 Å². The van der Waals surface area contributed by atoms with Crippen molar-refractivity contribution in [1.82, 2.24) is 0 Å². The van der Waals surface area contributed by atoms with E-state index in [-0.39, 0.29) is 5.92 Å². The van der Waals surface area contributed by atoms with Crippen LogP contribution in [0.1, 0.15) is 28.2 Å². The molecule has 0 spiro atoms. The summed E-state index contributed by atoms with van der Waals surface area (Å²) in [5.74, 6) is 1.13. The third-order valence-electron chi connectivity index (χ3n) is 3.87. The minimum absolute atomic E-state index is 0.261. The van der Waals surface area contributed by atoms with Gasteiger partial charge >= 0.3 is 0 Å². The topological polar surface area (TPSA) is 35.2 Å². The van der Waals surface area contributed by atoms with Crippen molar-refractivity contribution in [2.24, 2.45) is 5.73 Å². The van der Waals surface area contributed by atoms with Gasteiger partial charge in [-0.25, -0.2) is 0 Å². The Morgan fingerprint density at radius 1 is 1.14 bits per heavy atom. The first kappa shape index (κ1) is 15.9. The van der Waals surface area contributed by atoms with Crippen LogP contribution in [0, 0.1) is 13.8 Å². The number of benzene rings is 2. The first-order valence-electron chi connectivity index (χ1n) is 7.14. The summed E-state index contributed by atoms with van der Waals surface area (Å²) in [6.45, 7) is 4.84. The highest BCUT2D eigenvalue weighted by atomic mass is 35.5. The van der Waals surface area contributed by atoms with Crippen molar-refractivity contribution in [1.29, 1.82) is 0 Å². The lowest BCUT2D eigenvalue weighted by molar-refractivity contribution is 0.408. The van der Waals surface area contributed by atoms with Gasteiger partial charge in [0.1, 0.15) is 5.75 Å². The van der Waals surface area contributed by atoms with E-state index in [1.54, 1.807) is 7.11 Å². The zero-order valence-electron chi connectivity index (χ0n) is 12.8. The average Bonchev–Trinajstić information content (AvgIpc) is 2.47. The van der Waals surface area contributed by atoms with Crippen molar-refractivity contribution in [2.75, 3.05) is 13.7 Å². The van der Waals surface area contributed by atoms with E-state index < -0.39 is 0 Å². The van der Waals surface area contributed by atoms with Gasteiger partial charge in [0, 0.05) is 10.9 Å². The average molecular weight is 304 g/mol. The molecule has 2 N–H and O–H groups in total. The number of rotatable bonds is 5. The molecule has 2 aromatic carbocycles. The van der Waals surface area contributed by atoms with E-state index in [1.165, 1.54) is 16.7 Å².